The highest BCUT2D eigenvalue weighted by molar-refractivity contribution is 5.94. The Morgan fingerprint density at radius 2 is 2.19 bits per heavy atom. The summed E-state index contributed by atoms with van der Waals surface area (Å²) in [5.41, 5.74) is 1.68. The van der Waals surface area contributed by atoms with Crippen molar-refractivity contribution in [1.29, 1.82) is 0 Å². The van der Waals surface area contributed by atoms with E-state index in [4.69, 9.17) is 4.74 Å². The topological polar surface area (TPSA) is 69.1 Å². The summed E-state index contributed by atoms with van der Waals surface area (Å²) in [4.78, 5) is 6.59. The Morgan fingerprint density at radius 1 is 1.42 bits per heavy atom. The van der Waals surface area contributed by atoms with Gasteiger partial charge in [0.2, 0.25) is 0 Å². The Morgan fingerprint density at radius 3 is 2.92 bits per heavy atom. The van der Waals surface area contributed by atoms with Gasteiger partial charge in [-0.2, -0.15) is 0 Å². The summed E-state index contributed by atoms with van der Waals surface area (Å²) < 4.78 is 5.74. The van der Waals surface area contributed by atoms with Gasteiger partial charge in [-0.1, -0.05) is 12.6 Å². The second-order valence-electron chi connectivity index (χ2n) is 6.43. The summed E-state index contributed by atoms with van der Waals surface area (Å²) in [6.45, 7) is 8.81. The normalized spacial score (nSPS) is 16.7. The summed E-state index contributed by atoms with van der Waals surface area (Å²) in [5.74, 6) is 1.48. The molecule has 1 aromatic carbocycles. The Kier molecular flexibility index (Phi) is 8.18. The van der Waals surface area contributed by atoms with Crippen molar-refractivity contribution in [1.82, 2.24) is 10.2 Å². The number of benzene rings is 1. The molecule has 1 aromatic rings. The molecule has 1 heterocycles. The number of hydrogen-bond donors (Lipinski definition) is 3. The molecule has 0 radical (unpaired) electrons. The third-order valence-electron chi connectivity index (χ3n) is 4.13. The largest absolute Gasteiger partial charge is 0.491 e. The minimum absolute atomic E-state index is 0.294. The zero-order chi connectivity index (χ0) is 18.8. The molecule has 1 aliphatic heterocycles. The number of aliphatic imine (C=N–C) groups is 1. The molecule has 0 amide bonds. The van der Waals surface area contributed by atoms with Crippen LogP contribution in [0.2, 0.25) is 0 Å². The van der Waals surface area contributed by atoms with Gasteiger partial charge in [0.25, 0.3) is 0 Å². The number of amidine groups is 1. The average molecular weight is 358 g/mol. The van der Waals surface area contributed by atoms with Gasteiger partial charge in [-0.25, -0.2) is 4.99 Å². The standard InChI is InChI=1S/C20H30N4O2/c1-16(21-3)9-10-22-17(2)23-18-7-6-8-20(13-18)26-15-19(25)14-24-11-4-5-12-24/h6-10,13,19,21,25H,1,4-5,11-12,14-15H2,2-3H3,(H,22,23)/b10-9-. The number of aliphatic hydroxyl groups is 1. The number of nitrogens with one attached hydrogen (secondary N) is 2. The summed E-state index contributed by atoms with van der Waals surface area (Å²) in [7, 11) is 1.81. The van der Waals surface area contributed by atoms with E-state index in [9.17, 15) is 5.11 Å². The number of aliphatic hydroxyl groups excluding tert-OH is 1. The number of allylic oxidation sites excluding steroid dienone is 1. The van der Waals surface area contributed by atoms with Crippen LogP contribution in [-0.2, 0) is 0 Å². The van der Waals surface area contributed by atoms with Crippen molar-refractivity contribution in [2.75, 3.05) is 38.6 Å². The van der Waals surface area contributed by atoms with Gasteiger partial charge in [0, 0.05) is 37.2 Å². The molecule has 0 spiro atoms. The molecule has 1 atom stereocenters. The average Bonchev–Trinajstić information content (AvgIpc) is 3.13. The summed E-state index contributed by atoms with van der Waals surface area (Å²) in [5, 5.41) is 16.3. The van der Waals surface area contributed by atoms with Crippen LogP contribution >= 0.6 is 0 Å². The van der Waals surface area contributed by atoms with Gasteiger partial charge in [0.1, 0.15) is 24.3 Å². The van der Waals surface area contributed by atoms with Crippen molar-refractivity contribution in [3.05, 3.63) is 48.8 Å². The maximum Gasteiger partial charge on any atom is 0.121 e. The second kappa shape index (κ2) is 10.6. The number of ether oxygens (including phenoxy) is 1. The van der Waals surface area contributed by atoms with Crippen molar-refractivity contribution < 1.29 is 9.84 Å². The molecule has 1 aliphatic rings. The summed E-state index contributed by atoms with van der Waals surface area (Å²) in [6.07, 6.45) is 5.46. The quantitative estimate of drug-likeness (QED) is 0.360. The van der Waals surface area contributed by atoms with Gasteiger partial charge in [0.05, 0.1) is 0 Å². The van der Waals surface area contributed by atoms with Crippen LogP contribution < -0.4 is 15.4 Å². The zero-order valence-corrected chi connectivity index (χ0v) is 15.7. The predicted octanol–water partition coefficient (Wildman–Crippen LogP) is 2.60. The Balaban J connectivity index is 1.81. The third kappa shape index (κ3) is 7.29. The SMILES string of the molecule is C=C(/C=C\N=C(C)Nc1cccc(OCC(O)CN2CCCC2)c1)NC. The lowest BCUT2D eigenvalue weighted by Gasteiger charge is -2.19. The number of nitrogens with zero attached hydrogens (tertiary/aromatic N) is 2. The van der Waals surface area contributed by atoms with Gasteiger partial charge in [-0.3, -0.25) is 0 Å². The fraction of sp³-hybridized carbons (Fsp3) is 0.450. The van der Waals surface area contributed by atoms with Gasteiger partial charge < -0.3 is 25.4 Å². The molecular weight excluding hydrogens is 328 g/mol. The van der Waals surface area contributed by atoms with E-state index in [0.29, 0.717) is 13.2 Å². The van der Waals surface area contributed by atoms with Crippen LogP contribution in [0.3, 0.4) is 0 Å². The van der Waals surface area contributed by atoms with Crippen molar-refractivity contribution in [3.8, 4) is 5.75 Å². The summed E-state index contributed by atoms with van der Waals surface area (Å²) >= 11 is 0. The smallest absolute Gasteiger partial charge is 0.121 e. The molecule has 26 heavy (non-hydrogen) atoms. The van der Waals surface area contributed by atoms with Crippen LogP contribution in [0.15, 0.2) is 53.8 Å². The van der Waals surface area contributed by atoms with Crippen LogP contribution in [0.4, 0.5) is 5.69 Å². The van der Waals surface area contributed by atoms with E-state index in [1.807, 2.05) is 38.2 Å². The van der Waals surface area contributed by atoms with E-state index in [2.05, 4.69) is 27.1 Å². The van der Waals surface area contributed by atoms with Crippen LogP contribution in [-0.4, -0.2) is 55.2 Å². The van der Waals surface area contributed by atoms with Crippen molar-refractivity contribution in [3.63, 3.8) is 0 Å². The van der Waals surface area contributed by atoms with Crippen LogP contribution in [0, 0.1) is 0 Å². The number of anilines is 1. The molecule has 3 N–H and O–H groups in total. The van der Waals surface area contributed by atoms with Crippen molar-refractivity contribution in [2.45, 2.75) is 25.9 Å². The highest BCUT2D eigenvalue weighted by Gasteiger charge is 2.16. The second-order valence-corrected chi connectivity index (χ2v) is 6.43. The van der Waals surface area contributed by atoms with Crippen LogP contribution in [0.5, 0.6) is 5.75 Å². The van der Waals surface area contributed by atoms with Crippen molar-refractivity contribution >= 4 is 11.5 Å². The van der Waals surface area contributed by atoms with Gasteiger partial charge >= 0.3 is 0 Å². The molecule has 1 fully saturated rings. The Labute approximate surface area is 156 Å². The van der Waals surface area contributed by atoms with E-state index >= 15 is 0 Å². The first kappa shape index (κ1) is 20.0. The van der Waals surface area contributed by atoms with E-state index in [-0.39, 0.29) is 0 Å². The highest BCUT2D eigenvalue weighted by atomic mass is 16.5. The minimum Gasteiger partial charge on any atom is -0.491 e. The monoisotopic (exact) mass is 358 g/mol. The predicted molar refractivity (Wildman–Crippen MR) is 108 cm³/mol. The zero-order valence-electron chi connectivity index (χ0n) is 15.7. The number of rotatable bonds is 9. The highest BCUT2D eigenvalue weighted by Crippen LogP contribution is 2.18. The van der Waals surface area contributed by atoms with Gasteiger partial charge in [-0.15, -0.1) is 0 Å². The van der Waals surface area contributed by atoms with E-state index in [1.54, 1.807) is 12.3 Å². The van der Waals surface area contributed by atoms with E-state index in [1.165, 1.54) is 12.8 Å². The first-order chi connectivity index (χ1) is 12.6. The number of β-amino-alcohol motifs (C(OH)–C–C–N with tert-alkyl or cyclic N) is 1. The van der Waals surface area contributed by atoms with Gasteiger partial charge in [-0.05, 0) is 51.1 Å². The fourth-order valence-electron chi connectivity index (χ4n) is 2.74. The molecule has 142 valence electrons. The maximum absolute atomic E-state index is 10.1. The molecule has 0 aromatic heterocycles. The molecule has 1 saturated heterocycles. The third-order valence-corrected chi connectivity index (χ3v) is 4.13. The molecule has 6 nitrogen and oxygen atoms in total. The van der Waals surface area contributed by atoms with Crippen molar-refractivity contribution in [2.24, 2.45) is 4.99 Å². The molecule has 0 aliphatic carbocycles. The Hall–Kier alpha value is -2.31. The van der Waals surface area contributed by atoms with Crippen LogP contribution in [0.25, 0.3) is 0 Å². The lowest BCUT2D eigenvalue weighted by atomic mass is 10.3. The van der Waals surface area contributed by atoms with E-state index < -0.39 is 6.10 Å². The van der Waals surface area contributed by atoms with Crippen LogP contribution in [0.1, 0.15) is 19.8 Å². The number of likely N-dealkylation sites (N-methyl/N-ethyl adjacent to an activating group) is 1. The van der Waals surface area contributed by atoms with E-state index in [0.717, 1.165) is 36.1 Å². The first-order valence-electron chi connectivity index (χ1n) is 9.04. The maximum atomic E-state index is 10.1. The Bertz CT molecular complexity index is 636. The molecule has 2 rings (SSSR count). The fourth-order valence-corrected chi connectivity index (χ4v) is 2.74. The first-order valence-corrected chi connectivity index (χ1v) is 9.04. The molecule has 0 saturated carbocycles. The molecule has 1 unspecified atom stereocenters. The lowest BCUT2D eigenvalue weighted by Crippen LogP contribution is -2.33. The minimum atomic E-state index is -0.474. The number of hydrogen-bond acceptors (Lipinski definition) is 5. The lowest BCUT2D eigenvalue weighted by molar-refractivity contribution is 0.0758. The molecular formula is C20H30N4O2. The molecule has 6 heteroatoms. The number of likely N-dealkylation sites (tertiary alicyclic amines) is 1. The molecule has 0 bridgehead atoms. The van der Waals surface area contributed by atoms with Gasteiger partial charge in [0.15, 0.2) is 0 Å². The summed E-state index contributed by atoms with van der Waals surface area (Å²) in [6, 6.07) is 7.65.